The van der Waals surface area contributed by atoms with Crippen LogP contribution in [0.5, 0.6) is 0 Å². The molecule has 2 aliphatic rings. The lowest BCUT2D eigenvalue weighted by molar-refractivity contribution is 0.0508. The number of likely N-dealkylation sites (N-methyl/N-ethyl adjacent to an activating group) is 1. The smallest absolute Gasteiger partial charge is 0.0167 e. The van der Waals surface area contributed by atoms with Crippen molar-refractivity contribution in [3.05, 3.63) is 35.4 Å². The first-order chi connectivity index (χ1) is 7.63. The number of fused-ring (bicyclic) bond motifs is 4. The molecule has 1 fully saturated rings. The van der Waals surface area contributed by atoms with E-state index in [1.165, 1.54) is 19.4 Å². The van der Waals surface area contributed by atoms with Gasteiger partial charge >= 0.3 is 0 Å². The lowest BCUT2D eigenvalue weighted by Crippen LogP contribution is -2.56. The van der Waals surface area contributed by atoms with Gasteiger partial charge in [-0.25, -0.2) is 0 Å². The Kier molecular flexibility index (Phi) is 2.16. The second kappa shape index (κ2) is 3.33. The zero-order valence-electron chi connectivity index (χ0n) is 10.5. The maximum absolute atomic E-state index is 2.56. The van der Waals surface area contributed by atoms with E-state index in [4.69, 9.17) is 0 Å². The lowest BCUT2D eigenvalue weighted by atomic mass is 9.59. The van der Waals surface area contributed by atoms with Crippen LogP contribution >= 0.6 is 0 Å². The van der Waals surface area contributed by atoms with Gasteiger partial charge in [0.25, 0.3) is 0 Å². The summed E-state index contributed by atoms with van der Waals surface area (Å²) < 4.78 is 0. The molecule has 1 heteroatoms. The Balaban J connectivity index is 2.15. The van der Waals surface area contributed by atoms with Crippen LogP contribution in [0.4, 0.5) is 0 Å². The molecular formula is C15H21N. The second-order valence-corrected chi connectivity index (χ2v) is 5.87. The first-order valence-electron chi connectivity index (χ1n) is 6.41. The zero-order chi connectivity index (χ0) is 11.3. The molecule has 1 nitrogen and oxygen atoms in total. The monoisotopic (exact) mass is 215 g/mol. The Morgan fingerprint density at radius 2 is 2.06 bits per heavy atom. The fourth-order valence-electron chi connectivity index (χ4n) is 3.80. The van der Waals surface area contributed by atoms with Crippen molar-refractivity contribution >= 4 is 0 Å². The number of likely N-dealkylation sites (tertiary alicyclic amines) is 1. The second-order valence-electron chi connectivity index (χ2n) is 5.87. The molecule has 3 rings (SSSR count). The first kappa shape index (κ1) is 10.3. The van der Waals surface area contributed by atoms with Crippen LogP contribution in [-0.4, -0.2) is 24.5 Å². The average Bonchev–Trinajstić information content (AvgIpc) is 2.29. The molecule has 1 aliphatic carbocycles. The minimum absolute atomic E-state index is 0.409. The van der Waals surface area contributed by atoms with Crippen LogP contribution in [0.1, 0.15) is 31.4 Å². The third-order valence-corrected chi connectivity index (χ3v) is 5.19. The number of hydrogen-bond donors (Lipinski definition) is 0. The fraction of sp³-hybridized carbons (Fsp3) is 0.600. The third-order valence-electron chi connectivity index (χ3n) is 5.19. The molecule has 1 heterocycles. The summed E-state index contributed by atoms with van der Waals surface area (Å²) in [5.41, 5.74) is 3.61. The van der Waals surface area contributed by atoms with Gasteiger partial charge in [0, 0.05) is 6.04 Å². The molecule has 0 amide bonds. The van der Waals surface area contributed by atoms with Gasteiger partial charge in [-0.15, -0.1) is 0 Å². The van der Waals surface area contributed by atoms with Crippen molar-refractivity contribution in [2.45, 2.75) is 38.1 Å². The van der Waals surface area contributed by atoms with Crippen LogP contribution in [-0.2, 0) is 11.8 Å². The van der Waals surface area contributed by atoms with Crippen molar-refractivity contribution in [1.82, 2.24) is 4.90 Å². The van der Waals surface area contributed by atoms with Crippen molar-refractivity contribution in [3.63, 3.8) is 0 Å². The molecule has 86 valence electrons. The molecule has 0 radical (unpaired) electrons. The van der Waals surface area contributed by atoms with E-state index in [1.54, 1.807) is 11.1 Å². The van der Waals surface area contributed by atoms with Gasteiger partial charge < -0.3 is 4.90 Å². The molecule has 1 aromatic carbocycles. The molecule has 1 aromatic rings. The normalized spacial score (nSPS) is 38.2. The predicted octanol–water partition coefficient (Wildman–Crippen LogP) is 2.84. The molecule has 0 saturated carbocycles. The molecule has 16 heavy (non-hydrogen) atoms. The molecular weight excluding hydrogens is 194 g/mol. The van der Waals surface area contributed by atoms with Gasteiger partial charge in [-0.2, -0.15) is 0 Å². The van der Waals surface area contributed by atoms with Crippen molar-refractivity contribution in [2.24, 2.45) is 5.92 Å². The first-order valence-corrected chi connectivity index (χ1v) is 6.41. The van der Waals surface area contributed by atoms with E-state index in [2.05, 4.69) is 50.1 Å². The van der Waals surface area contributed by atoms with E-state index in [9.17, 15) is 0 Å². The number of nitrogens with zero attached hydrogens (tertiary/aromatic N) is 1. The van der Waals surface area contributed by atoms with Crippen LogP contribution < -0.4 is 0 Å². The van der Waals surface area contributed by atoms with E-state index < -0.39 is 0 Å². The third kappa shape index (κ3) is 1.21. The van der Waals surface area contributed by atoms with Crippen LogP contribution in [0.3, 0.4) is 0 Å². The summed E-state index contributed by atoms with van der Waals surface area (Å²) in [6, 6.07) is 9.82. The van der Waals surface area contributed by atoms with Crippen LogP contribution in [0.25, 0.3) is 0 Å². The van der Waals surface area contributed by atoms with E-state index in [1.807, 2.05) is 0 Å². The maximum atomic E-state index is 2.56. The topological polar surface area (TPSA) is 3.24 Å². The zero-order valence-corrected chi connectivity index (χ0v) is 10.5. The van der Waals surface area contributed by atoms with Gasteiger partial charge in [-0.1, -0.05) is 38.1 Å². The number of piperidine rings is 1. The SMILES string of the molecule is C[C@@H]1[C@@H]2Cc3ccccc3[C@@]1(C)CCN2C. The Hall–Kier alpha value is -0.820. The molecule has 0 unspecified atom stereocenters. The summed E-state index contributed by atoms with van der Waals surface area (Å²) in [6.45, 7) is 6.16. The minimum Gasteiger partial charge on any atom is -0.303 e. The molecule has 3 atom stereocenters. The quantitative estimate of drug-likeness (QED) is 0.643. The molecule has 1 aliphatic heterocycles. The highest BCUT2D eigenvalue weighted by Crippen LogP contribution is 2.47. The van der Waals surface area contributed by atoms with Crippen molar-refractivity contribution in [3.8, 4) is 0 Å². The van der Waals surface area contributed by atoms with Gasteiger partial charge in [-0.05, 0) is 48.9 Å². The Bertz CT molecular complexity index is 412. The standard InChI is InChI=1S/C15H21N/c1-11-14-10-12-6-4-5-7-13(12)15(11,2)8-9-16(14)3/h4-7,11,14H,8-10H2,1-3H3/t11-,14+,15+/m1/s1. The predicted molar refractivity (Wildman–Crippen MR) is 67.7 cm³/mol. The van der Waals surface area contributed by atoms with Gasteiger partial charge in [0.2, 0.25) is 0 Å². The number of rotatable bonds is 0. The van der Waals surface area contributed by atoms with E-state index in [-0.39, 0.29) is 0 Å². The summed E-state index contributed by atoms with van der Waals surface area (Å²) in [7, 11) is 2.29. The van der Waals surface area contributed by atoms with Gasteiger partial charge in [-0.3, -0.25) is 0 Å². The minimum atomic E-state index is 0.409. The highest BCUT2D eigenvalue weighted by Gasteiger charge is 2.46. The Morgan fingerprint density at radius 1 is 1.31 bits per heavy atom. The average molecular weight is 215 g/mol. The van der Waals surface area contributed by atoms with Crippen molar-refractivity contribution < 1.29 is 0 Å². The number of hydrogen-bond acceptors (Lipinski definition) is 1. The summed E-state index contributed by atoms with van der Waals surface area (Å²) in [6.07, 6.45) is 2.54. The van der Waals surface area contributed by atoms with Crippen LogP contribution in [0.15, 0.2) is 24.3 Å². The highest BCUT2D eigenvalue weighted by molar-refractivity contribution is 5.39. The van der Waals surface area contributed by atoms with Crippen LogP contribution in [0.2, 0.25) is 0 Å². The largest absolute Gasteiger partial charge is 0.303 e. The summed E-state index contributed by atoms with van der Waals surface area (Å²) in [5, 5.41) is 0. The van der Waals surface area contributed by atoms with Crippen molar-refractivity contribution in [1.29, 1.82) is 0 Å². The van der Waals surface area contributed by atoms with E-state index >= 15 is 0 Å². The molecule has 1 saturated heterocycles. The van der Waals surface area contributed by atoms with Crippen LogP contribution in [0, 0.1) is 5.92 Å². The Morgan fingerprint density at radius 3 is 2.88 bits per heavy atom. The molecule has 2 bridgehead atoms. The summed E-state index contributed by atoms with van der Waals surface area (Å²) in [5.74, 6) is 0.779. The summed E-state index contributed by atoms with van der Waals surface area (Å²) in [4.78, 5) is 2.56. The van der Waals surface area contributed by atoms with Gasteiger partial charge in [0.05, 0.1) is 0 Å². The van der Waals surface area contributed by atoms with E-state index in [0.29, 0.717) is 5.41 Å². The lowest BCUT2D eigenvalue weighted by Gasteiger charge is -2.53. The van der Waals surface area contributed by atoms with Crippen molar-refractivity contribution in [2.75, 3.05) is 13.6 Å². The van der Waals surface area contributed by atoms with Gasteiger partial charge in [0.15, 0.2) is 0 Å². The number of benzene rings is 1. The molecule has 0 spiro atoms. The maximum Gasteiger partial charge on any atom is 0.0167 e. The Labute approximate surface area is 98.5 Å². The van der Waals surface area contributed by atoms with E-state index in [0.717, 1.165) is 12.0 Å². The van der Waals surface area contributed by atoms with Gasteiger partial charge in [0.1, 0.15) is 0 Å². The highest BCUT2D eigenvalue weighted by atomic mass is 15.1. The molecule has 0 N–H and O–H groups in total. The summed E-state index contributed by atoms with van der Waals surface area (Å²) >= 11 is 0. The molecule has 0 aromatic heterocycles. The fourth-order valence-corrected chi connectivity index (χ4v) is 3.80.